The van der Waals surface area contributed by atoms with Crippen LogP contribution >= 0.6 is 0 Å². The molecule has 1 aliphatic heterocycles. The van der Waals surface area contributed by atoms with Gasteiger partial charge in [0.25, 0.3) is 0 Å². The van der Waals surface area contributed by atoms with Gasteiger partial charge in [0.1, 0.15) is 5.76 Å². The number of aromatic nitrogens is 2. The fraction of sp³-hybridized carbons (Fsp3) is 0.412. The summed E-state index contributed by atoms with van der Waals surface area (Å²) < 4.78 is 5.67. The Labute approximate surface area is 126 Å². The smallest absolute Gasteiger partial charge is 0.228 e. The molecule has 0 aliphatic carbocycles. The molecule has 1 fully saturated rings. The summed E-state index contributed by atoms with van der Waals surface area (Å²) in [6.07, 6.45) is 7.78. The second kappa shape index (κ2) is 6.12. The van der Waals surface area contributed by atoms with E-state index in [-0.39, 0.29) is 5.41 Å². The molecule has 0 atom stereocenters. The fourth-order valence-electron chi connectivity index (χ4n) is 2.22. The summed E-state index contributed by atoms with van der Waals surface area (Å²) in [5, 5.41) is 0. The van der Waals surface area contributed by atoms with Gasteiger partial charge in [-0.05, 0) is 24.0 Å². The summed E-state index contributed by atoms with van der Waals surface area (Å²) in [6, 6.07) is 1.81. The summed E-state index contributed by atoms with van der Waals surface area (Å²) in [6.45, 7) is 13.8. The van der Waals surface area contributed by atoms with Gasteiger partial charge in [-0.2, -0.15) is 0 Å². The van der Waals surface area contributed by atoms with E-state index in [2.05, 4.69) is 56.4 Å². The molecule has 1 aromatic rings. The van der Waals surface area contributed by atoms with Crippen LogP contribution in [0.2, 0.25) is 0 Å². The Kier molecular flexibility index (Phi) is 4.46. The third-order valence-electron chi connectivity index (χ3n) is 3.46. The lowest BCUT2D eigenvalue weighted by atomic mass is 9.85. The van der Waals surface area contributed by atoms with E-state index in [1.54, 1.807) is 12.4 Å². The van der Waals surface area contributed by atoms with Gasteiger partial charge < -0.3 is 9.64 Å². The first kappa shape index (κ1) is 15.3. The van der Waals surface area contributed by atoms with Crippen molar-refractivity contribution in [2.24, 2.45) is 5.41 Å². The van der Waals surface area contributed by atoms with E-state index in [1.165, 1.54) is 5.57 Å². The molecule has 0 N–H and O–H groups in total. The summed E-state index contributed by atoms with van der Waals surface area (Å²) in [5.41, 5.74) is 2.42. The van der Waals surface area contributed by atoms with E-state index in [0.717, 1.165) is 11.3 Å². The predicted molar refractivity (Wildman–Crippen MR) is 85.8 cm³/mol. The summed E-state index contributed by atoms with van der Waals surface area (Å²) in [4.78, 5) is 10.5. The van der Waals surface area contributed by atoms with E-state index in [1.807, 2.05) is 11.0 Å². The van der Waals surface area contributed by atoms with E-state index in [0.29, 0.717) is 19.2 Å². The molecule has 0 radical (unpaired) electrons. The van der Waals surface area contributed by atoms with E-state index in [4.69, 9.17) is 4.74 Å². The lowest BCUT2D eigenvalue weighted by Gasteiger charge is -2.31. The van der Waals surface area contributed by atoms with Crippen LogP contribution in [-0.4, -0.2) is 23.2 Å². The average molecular weight is 285 g/mol. The lowest BCUT2D eigenvalue weighted by Crippen LogP contribution is -2.35. The van der Waals surface area contributed by atoms with Crippen molar-refractivity contribution in [3.05, 3.63) is 54.1 Å². The molecule has 0 aromatic carbocycles. The first-order valence-corrected chi connectivity index (χ1v) is 7.13. The van der Waals surface area contributed by atoms with Crippen molar-refractivity contribution in [2.45, 2.75) is 27.7 Å². The SMILES string of the molecule is C=C1OCN(c2ncccn2)C/C1=C/C(=C\C)C(C)(C)C. The van der Waals surface area contributed by atoms with Crippen molar-refractivity contribution in [1.29, 1.82) is 0 Å². The third kappa shape index (κ3) is 3.72. The maximum absolute atomic E-state index is 5.67. The van der Waals surface area contributed by atoms with Crippen LogP contribution in [0.1, 0.15) is 27.7 Å². The van der Waals surface area contributed by atoms with Crippen LogP contribution in [0.4, 0.5) is 5.95 Å². The van der Waals surface area contributed by atoms with Crippen molar-refractivity contribution in [2.75, 3.05) is 18.2 Å². The minimum absolute atomic E-state index is 0.0908. The molecule has 4 nitrogen and oxygen atoms in total. The Balaban J connectivity index is 2.25. The van der Waals surface area contributed by atoms with Gasteiger partial charge in [-0.15, -0.1) is 0 Å². The number of rotatable bonds is 2. The molecule has 1 aromatic heterocycles. The van der Waals surface area contributed by atoms with Crippen molar-refractivity contribution >= 4 is 5.95 Å². The Morgan fingerprint density at radius 1 is 1.33 bits per heavy atom. The molecule has 2 heterocycles. The predicted octanol–water partition coefficient (Wildman–Crippen LogP) is 3.70. The van der Waals surface area contributed by atoms with Gasteiger partial charge in [-0.3, -0.25) is 0 Å². The van der Waals surface area contributed by atoms with Gasteiger partial charge in [-0.25, -0.2) is 9.97 Å². The van der Waals surface area contributed by atoms with Gasteiger partial charge in [-0.1, -0.05) is 39.5 Å². The maximum Gasteiger partial charge on any atom is 0.228 e. The topological polar surface area (TPSA) is 38.2 Å². The van der Waals surface area contributed by atoms with Gasteiger partial charge in [0, 0.05) is 18.0 Å². The van der Waals surface area contributed by atoms with Crippen LogP contribution in [0.5, 0.6) is 0 Å². The van der Waals surface area contributed by atoms with Gasteiger partial charge in [0.05, 0.1) is 6.54 Å². The molecule has 0 unspecified atom stereocenters. The van der Waals surface area contributed by atoms with Gasteiger partial charge in [0.15, 0.2) is 6.73 Å². The Hall–Kier alpha value is -2.10. The Bertz CT molecular complexity index is 567. The molecular formula is C17H23N3O. The molecule has 0 saturated carbocycles. The van der Waals surface area contributed by atoms with E-state index >= 15 is 0 Å². The molecule has 112 valence electrons. The first-order valence-electron chi connectivity index (χ1n) is 7.13. The maximum atomic E-state index is 5.67. The largest absolute Gasteiger partial charge is 0.473 e. The van der Waals surface area contributed by atoms with Crippen molar-refractivity contribution < 1.29 is 4.74 Å². The van der Waals surface area contributed by atoms with Crippen LogP contribution in [0.25, 0.3) is 0 Å². The monoisotopic (exact) mass is 285 g/mol. The number of hydrogen-bond donors (Lipinski definition) is 0. The molecule has 21 heavy (non-hydrogen) atoms. The molecule has 0 bridgehead atoms. The second-order valence-electron chi connectivity index (χ2n) is 6.11. The van der Waals surface area contributed by atoms with Gasteiger partial charge in [0.2, 0.25) is 5.95 Å². The first-order chi connectivity index (χ1) is 9.91. The molecule has 1 saturated heterocycles. The zero-order chi connectivity index (χ0) is 15.5. The molecular weight excluding hydrogens is 262 g/mol. The highest BCUT2D eigenvalue weighted by atomic mass is 16.5. The summed E-state index contributed by atoms with van der Waals surface area (Å²) >= 11 is 0. The van der Waals surface area contributed by atoms with Crippen molar-refractivity contribution in [1.82, 2.24) is 9.97 Å². The van der Waals surface area contributed by atoms with Crippen molar-refractivity contribution in [3.63, 3.8) is 0 Å². The summed E-state index contributed by atoms with van der Waals surface area (Å²) in [7, 11) is 0. The minimum Gasteiger partial charge on any atom is -0.473 e. The van der Waals surface area contributed by atoms with E-state index in [9.17, 15) is 0 Å². The molecule has 4 heteroatoms. The molecule has 2 rings (SSSR count). The zero-order valence-corrected chi connectivity index (χ0v) is 13.3. The highest BCUT2D eigenvalue weighted by Crippen LogP contribution is 2.30. The van der Waals surface area contributed by atoms with E-state index < -0.39 is 0 Å². The second-order valence-corrected chi connectivity index (χ2v) is 6.11. The fourth-order valence-corrected chi connectivity index (χ4v) is 2.22. The van der Waals surface area contributed by atoms with Crippen LogP contribution in [0.15, 0.2) is 54.1 Å². The Morgan fingerprint density at radius 3 is 2.57 bits per heavy atom. The lowest BCUT2D eigenvalue weighted by molar-refractivity contribution is 0.201. The minimum atomic E-state index is 0.0908. The molecule has 0 amide bonds. The highest BCUT2D eigenvalue weighted by Gasteiger charge is 2.22. The zero-order valence-electron chi connectivity index (χ0n) is 13.3. The normalized spacial score (nSPS) is 18.9. The number of allylic oxidation sites excluding steroid dienone is 3. The standard InChI is InChI=1S/C17H23N3O/c1-6-15(17(3,4)5)10-14-11-20(12-21-13(14)2)16-18-8-7-9-19-16/h6-10H,2,11-12H2,1,3-5H3/b14-10-,15-6+. The van der Waals surface area contributed by atoms with Crippen LogP contribution in [0.3, 0.4) is 0 Å². The highest BCUT2D eigenvalue weighted by molar-refractivity contribution is 5.43. The average Bonchev–Trinajstić information content (AvgIpc) is 2.46. The summed E-state index contributed by atoms with van der Waals surface area (Å²) in [5.74, 6) is 1.40. The molecule has 0 spiro atoms. The van der Waals surface area contributed by atoms with Crippen LogP contribution in [-0.2, 0) is 4.74 Å². The van der Waals surface area contributed by atoms with Crippen molar-refractivity contribution in [3.8, 4) is 0 Å². The number of anilines is 1. The Morgan fingerprint density at radius 2 is 2.00 bits per heavy atom. The van der Waals surface area contributed by atoms with Crippen LogP contribution < -0.4 is 4.90 Å². The molecule has 1 aliphatic rings. The number of ether oxygens (including phenoxy) is 1. The number of hydrogen-bond acceptors (Lipinski definition) is 4. The van der Waals surface area contributed by atoms with Gasteiger partial charge >= 0.3 is 0 Å². The number of nitrogens with zero attached hydrogens (tertiary/aromatic N) is 3. The third-order valence-corrected chi connectivity index (χ3v) is 3.46. The van der Waals surface area contributed by atoms with Crippen LogP contribution in [0, 0.1) is 5.41 Å². The quantitative estimate of drug-likeness (QED) is 0.830.